The molecule has 3 aromatic rings. The first-order valence-corrected chi connectivity index (χ1v) is 14.1. The van der Waals surface area contributed by atoms with Crippen molar-refractivity contribution in [1.29, 1.82) is 0 Å². The van der Waals surface area contributed by atoms with Crippen LogP contribution in [0.1, 0.15) is 67.2 Å². The molecule has 1 aliphatic heterocycles. The number of rotatable bonds is 10. The highest BCUT2D eigenvalue weighted by atomic mass is 35.5. The maximum atomic E-state index is 13.4. The van der Waals surface area contributed by atoms with Crippen LogP contribution in [-0.4, -0.2) is 73.9 Å². The quantitative estimate of drug-likeness (QED) is 0.331. The van der Waals surface area contributed by atoms with Gasteiger partial charge in [-0.15, -0.1) is 11.3 Å². The Labute approximate surface area is 235 Å². The molecule has 4 rings (SSSR count). The summed E-state index contributed by atoms with van der Waals surface area (Å²) in [6.45, 7) is 9.54. The summed E-state index contributed by atoms with van der Waals surface area (Å²) in [4.78, 5) is 41.1. The first kappa shape index (κ1) is 28.8. The van der Waals surface area contributed by atoms with E-state index in [1.165, 1.54) is 22.1 Å². The van der Waals surface area contributed by atoms with Gasteiger partial charge in [-0.3, -0.25) is 14.3 Å². The third-order valence-corrected chi connectivity index (χ3v) is 7.99. The van der Waals surface area contributed by atoms with Crippen molar-refractivity contribution in [3.05, 3.63) is 45.7 Å². The lowest BCUT2D eigenvalue weighted by molar-refractivity contribution is -0.140. The Morgan fingerprint density at radius 1 is 1.15 bits per heavy atom. The van der Waals surface area contributed by atoms with Gasteiger partial charge in [-0.2, -0.15) is 5.10 Å². The molecule has 39 heavy (non-hydrogen) atoms. The van der Waals surface area contributed by atoms with E-state index in [1.54, 1.807) is 26.0 Å². The van der Waals surface area contributed by atoms with Crippen LogP contribution < -0.4 is 10.6 Å². The average molecular weight is 577 g/mol. The lowest BCUT2D eigenvalue weighted by Gasteiger charge is -2.34. The van der Waals surface area contributed by atoms with Gasteiger partial charge in [-0.1, -0.05) is 30.6 Å². The minimum absolute atomic E-state index is 0.00677. The van der Waals surface area contributed by atoms with Gasteiger partial charge in [0.15, 0.2) is 11.5 Å². The summed E-state index contributed by atoms with van der Waals surface area (Å²) in [7, 11) is 0. The van der Waals surface area contributed by atoms with Gasteiger partial charge in [0.25, 0.3) is 11.8 Å². The molecule has 1 atom stereocenters. The highest BCUT2D eigenvalue weighted by Crippen LogP contribution is 2.31. The number of aromatic nitrogens is 3. The van der Waals surface area contributed by atoms with Crippen molar-refractivity contribution in [2.45, 2.75) is 65.2 Å². The van der Waals surface area contributed by atoms with E-state index in [1.807, 2.05) is 6.07 Å². The van der Waals surface area contributed by atoms with E-state index in [0.717, 1.165) is 30.8 Å². The van der Waals surface area contributed by atoms with Crippen molar-refractivity contribution in [1.82, 2.24) is 30.5 Å². The van der Waals surface area contributed by atoms with Crippen LogP contribution in [0.5, 0.6) is 0 Å². The lowest BCUT2D eigenvalue weighted by atomic mass is 10.0. The van der Waals surface area contributed by atoms with E-state index in [9.17, 15) is 19.5 Å². The second-order valence-corrected chi connectivity index (χ2v) is 12.0. The smallest absolute Gasteiger partial charge is 0.326 e. The molecule has 0 aliphatic carbocycles. The fourth-order valence-electron chi connectivity index (χ4n) is 4.48. The van der Waals surface area contributed by atoms with Crippen LogP contribution >= 0.6 is 22.9 Å². The number of aliphatic carboxylic acids is 1. The summed E-state index contributed by atoms with van der Waals surface area (Å²) in [5.41, 5.74) is 0.608. The molecule has 1 fully saturated rings. The van der Waals surface area contributed by atoms with Crippen molar-refractivity contribution < 1.29 is 24.0 Å². The second kappa shape index (κ2) is 12.3. The molecular weight excluding hydrogens is 544 g/mol. The molecule has 1 aliphatic rings. The summed E-state index contributed by atoms with van der Waals surface area (Å²) in [5, 5.41) is 23.5. The molecule has 3 N–H and O–H groups in total. The zero-order valence-electron chi connectivity index (χ0n) is 22.3. The number of halogens is 1. The van der Waals surface area contributed by atoms with Crippen LogP contribution in [0.4, 0.5) is 0 Å². The molecule has 0 radical (unpaired) electrons. The standard InChI is InChI=1S/C26H33ClN6O5S/c1-14(2)23(26(36)37)29-24(34)18-12-19(25(35)28-16-7-9-32(10-8-16)15(3)4)33(30-18)13-17-11-20(38-31-17)21-5-6-22(27)39-21/h5-6,11-12,14-16,23H,7-10,13H2,1-4H3,(H,28,35)(H,29,34)(H,36,37). The van der Waals surface area contributed by atoms with Crippen molar-refractivity contribution >= 4 is 40.7 Å². The number of amides is 2. The third kappa shape index (κ3) is 7.06. The number of piperidine rings is 1. The summed E-state index contributed by atoms with van der Waals surface area (Å²) < 4.78 is 7.46. The predicted molar refractivity (Wildman–Crippen MR) is 147 cm³/mol. The van der Waals surface area contributed by atoms with Crippen molar-refractivity contribution in [3.8, 4) is 10.6 Å². The molecule has 3 aromatic heterocycles. The highest BCUT2D eigenvalue weighted by Gasteiger charge is 2.28. The topological polar surface area (TPSA) is 143 Å². The van der Waals surface area contributed by atoms with E-state index < -0.39 is 17.9 Å². The fourth-order valence-corrected chi connectivity index (χ4v) is 5.47. The lowest BCUT2D eigenvalue weighted by Crippen LogP contribution is -2.46. The van der Waals surface area contributed by atoms with Crippen LogP contribution in [0.25, 0.3) is 10.6 Å². The number of carbonyl (C=O) groups excluding carboxylic acids is 2. The maximum absolute atomic E-state index is 13.4. The number of nitrogens with one attached hydrogen (secondary N) is 2. The molecular formula is C26H33ClN6O5S. The Bertz CT molecular complexity index is 1320. The number of thiophene rings is 1. The molecule has 1 unspecified atom stereocenters. The summed E-state index contributed by atoms with van der Waals surface area (Å²) in [6.07, 6.45) is 1.63. The zero-order chi connectivity index (χ0) is 28.3. The number of carboxylic acid groups (broad SMARTS) is 1. The van der Waals surface area contributed by atoms with E-state index in [2.05, 4.69) is 39.6 Å². The average Bonchev–Trinajstić information content (AvgIpc) is 3.62. The molecule has 0 spiro atoms. The van der Waals surface area contributed by atoms with Crippen LogP contribution in [0, 0.1) is 5.92 Å². The summed E-state index contributed by atoms with van der Waals surface area (Å²) in [5.74, 6) is -2.00. The van der Waals surface area contributed by atoms with Crippen molar-refractivity contribution in [3.63, 3.8) is 0 Å². The predicted octanol–water partition coefficient (Wildman–Crippen LogP) is 3.74. The normalized spacial score (nSPS) is 15.6. The minimum atomic E-state index is -1.15. The van der Waals surface area contributed by atoms with Crippen LogP contribution in [0.2, 0.25) is 4.34 Å². The van der Waals surface area contributed by atoms with Crippen molar-refractivity contribution in [2.75, 3.05) is 13.1 Å². The van der Waals surface area contributed by atoms with E-state index >= 15 is 0 Å². The molecule has 0 aromatic carbocycles. The van der Waals surface area contributed by atoms with Gasteiger partial charge in [0.2, 0.25) is 0 Å². The van der Waals surface area contributed by atoms with Gasteiger partial charge in [0.1, 0.15) is 17.4 Å². The molecule has 13 heteroatoms. The Kier molecular flexibility index (Phi) is 9.08. The number of likely N-dealkylation sites (tertiary alicyclic amines) is 1. The summed E-state index contributed by atoms with van der Waals surface area (Å²) >= 11 is 7.38. The van der Waals surface area contributed by atoms with Crippen LogP contribution in [-0.2, 0) is 11.3 Å². The number of hydrogen-bond acceptors (Lipinski definition) is 8. The molecule has 0 bridgehead atoms. The Morgan fingerprint density at radius 3 is 2.46 bits per heavy atom. The first-order chi connectivity index (χ1) is 18.5. The van der Waals surface area contributed by atoms with E-state index in [-0.39, 0.29) is 35.8 Å². The number of carbonyl (C=O) groups is 3. The van der Waals surface area contributed by atoms with E-state index in [0.29, 0.717) is 21.8 Å². The van der Waals surface area contributed by atoms with Gasteiger partial charge in [0.05, 0.1) is 15.8 Å². The van der Waals surface area contributed by atoms with Crippen LogP contribution in [0.3, 0.4) is 0 Å². The summed E-state index contributed by atoms with van der Waals surface area (Å²) in [6, 6.07) is 6.04. The van der Waals surface area contributed by atoms with Crippen LogP contribution in [0.15, 0.2) is 28.8 Å². The molecule has 0 saturated carbocycles. The number of carboxylic acids is 1. The van der Waals surface area contributed by atoms with Gasteiger partial charge in [-0.25, -0.2) is 4.79 Å². The van der Waals surface area contributed by atoms with Gasteiger partial charge in [0, 0.05) is 37.3 Å². The SMILES string of the molecule is CC(C)C(NC(=O)c1cc(C(=O)NC2CCN(C(C)C)CC2)n(Cc2cc(-c3ccc(Cl)s3)on2)n1)C(=O)O. The zero-order valence-corrected chi connectivity index (χ0v) is 23.9. The minimum Gasteiger partial charge on any atom is -0.480 e. The second-order valence-electron chi connectivity index (χ2n) is 10.3. The number of nitrogens with zero attached hydrogens (tertiary/aromatic N) is 4. The monoisotopic (exact) mass is 576 g/mol. The largest absolute Gasteiger partial charge is 0.480 e. The third-order valence-electron chi connectivity index (χ3n) is 6.75. The molecule has 1 saturated heterocycles. The van der Waals surface area contributed by atoms with Gasteiger partial charge >= 0.3 is 5.97 Å². The number of hydrogen-bond donors (Lipinski definition) is 3. The molecule has 210 valence electrons. The molecule has 2 amide bonds. The fraction of sp³-hybridized carbons (Fsp3) is 0.500. The molecule has 11 nitrogen and oxygen atoms in total. The van der Waals surface area contributed by atoms with E-state index in [4.69, 9.17) is 16.1 Å². The van der Waals surface area contributed by atoms with Crippen molar-refractivity contribution in [2.24, 2.45) is 5.92 Å². The molecule has 4 heterocycles. The first-order valence-electron chi connectivity index (χ1n) is 12.9. The Hall–Kier alpha value is -3.22. The Morgan fingerprint density at radius 2 is 1.87 bits per heavy atom. The maximum Gasteiger partial charge on any atom is 0.326 e. The highest BCUT2D eigenvalue weighted by molar-refractivity contribution is 7.19. The van der Waals surface area contributed by atoms with Gasteiger partial charge in [-0.05, 0) is 44.7 Å². The van der Waals surface area contributed by atoms with Gasteiger partial charge < -0.3 is 25.2 Å². The Balaban J connectivity index is 1.56.